The molecule has 1 aliphatic rings. The van der Waals surface area contributed by atoms with Crippen LogP contribution in [-0.4, -0.2) is 74.2 Å². The van der Waals surface area contributed by atoms with Gasteiger partial charge in [-0.1, -0.05) is 18.2 Å². The number of carbonyl (C=O) groups is 1. The average Bonchev–Trinajstić information content (AvgIpc) is 3.53. The number of nitrogens with one attached hydrogen (secondary N) is 1. The molecule has 208 valence electrons. The van der Waals surface area contributed by atoms with E-state index in [9.17, 15) is 4.79 Å². The predicted molar refractivity (Wildman–Crippen MR) is 149 cm³/mol. The number of terminal acetylenes is 1. The third-order valence-corrected chi connectivity index (χ3v) is 8.17. The first-order chi connectivity index (χ1) is 19.3. The molecule has 0 aliphatic carbocycles. The van der Waals surface area contributed by atoms with E-state index in [1.807, 2.05) is 18.2 Å². The van der Waals surface area contributed by atoms with Crippen molar-refractivity contribution in [3.05, 3.63) is 43.0 Å². The van der Waals surface area contributed by atoms with Gasteiger partial charge in [0.05, 0.1) is 12.4 Å². The number of benzene rings is 1. The fraction of sp³-hybridized carbons (Fsp3) is 0.481. The number of imidazole rings is 1. The fourth-order valence-corrected chi connectivity index (χ4v) is 6.18. The monoisotopic (exact) mass is 555 g/mol. The van der Waals surface area contributed by atoms with Crippen LogP contribution in [-0.2, 0) is 18.8 Å². The van der Waals surface area contributed by atoms with Gasteiger partial charge in [-0.2, -0.15) is 0 Å². The van der Waals surface area contributed by atoms with Crippen LogP contribution >= 0.6 is 8.30 Å². The topological polar surface area (TPSA) is 113 Å². The summed E-state index contributed by atoms with van der Waals surface area (Å²) in [6, 6.07) is 9.38. The lowest BCUT2D eigenvalue weighted by molar-refractivity contribution is -0.118. The zero-order valence-electron chi connectivity index (χ0n) is 23.7. The van der Waals surface area contributed by atoms with Crippen LogP contribution in [0.5, 0.6) is 5.75 Å². The van der Waals surface area contributed by atoms with Crippen molar-refractivity contribution < 1.29 is 24.9 Å². The lowest BCUT2D eigenvalue weighted by Gasteiger charge is -2.36. The number of hydrogen-bond donors (Lipinski definition) is 1. The number of para-hydroxylation sites is 1. The van der Waals surface area contributed by atoms with Gasteiger partial charge in [-0.15, -0.1) is 6.42 Å². The largest absolute Gasteiger partial charge is 0.484 e. The highest BCUT2D eigenvalue weighted by molar-refractivity contribution is 7.55. The molecule has 0 saturated carbocycles. The van der Waals surface area contributed by atoms with E-state index in [1.165, 1.54) is 6.33 Å². The average molecular weight is 556 g/mol. The number of ether oxygens (including phenoxy) is 3. The van der Waals surface area contributed by atoms with Crippen LogP contribution in [0.1, 0.15) is 42.2 Å². The number of fused-ring (bicyclic) bond motifs is 1. The molecule has 0 bridgehead atoms. The second kappa shape index (κ2) is 12.8. The zero-order chi connectivity index (χ0) is 28.8. The molecular formula is C27H35N6O5P. The molecule has 0 spiro atoms. The first kappa shape index (κ1) is 27.4. The molecule has 11 nitrogen and oxygen atoms in total. The molecule has 1 amide bonds. The van der Waals surface area contributed by atoms with E-state index in [1.54, 1.807) is 30.1 Å². The molecule has 4 rings (SSSR count). The lowest BCUT2D eigenvalue weighted by Crippen LogP contribution is -2.38. The van der Waals surface area contributed by atoms with Crippen molar-refractivity contribution in [2.45, 2.75) is 71.2 Å². The van der Waals surface area contributed by atoms with E-state index in [0.29, 0.717) is 16.9 Å². The van der Waals surface area contributed by atoms with Crippen LogP contribution in [0.25, 0.3) is 11.2 Å². The Kier molecular flexibility index (Phi) is 9.02. The molecule has 5 atom stereocenters. The molecule has 1 saturated heterocycles. The first-order valence-corrected chi connectivity index (χ1v) is 13.8. The molecule has 0 radical (unpaired) electrons. The van der Waals surface area contributed by atoms with Crippen LogP contribution in [0.3, 0.4) is 0 Å². The van der Waals surface area contributed by atoms with E-state index in [-0.39, 0.29) is 31.4 Å². The SMILES string of the molecule is [2H]CC1OC(n2cnc3c(NC(=O)COc4ccccc4)ncnc32)C(OC)C1OP(C#C)N(C(C)C)C(C)C. The molecule has 1 N–H and O–H groups in total. The van der Waals surface area contributed by atoms with Crippen molar-refractivity contribution in [2.24, 2.45) is 0 Å². The van der Waals surface area contributed by atoms with Gasteiger partial charge in [-0.25, -0.2) is 19.6 Å². The smallest absolute Gasteiger partial charge is 0.263 e. The summed E-state index contributed by atoms with van der Waals surface area (Å²) in [5, 5.41) is 2.74. The minimum atomic E-state index is -1.42. The number of nitrogens with zero attached hydrogens (tertiary/aromatic N) is 5. The molecule has 1 aliphatic heterocycles. The number of carbonyl (C=O) groups excluding carboxylic acids is 1. The maximum Gasteiger partial charge on any atom is 0.263 e. The third kappa shape index (κ3) is 6.38. The van der Waals surface area contributed by atoms with Crippen LogP contribution in [0.4, 0.5) is 5.82 Å². The van der Waals surface area contributed by atoms with Crippen molar-refractivity contribution in [1.29, 1.82) is 0 Å². The Morgan fingerprint density at radius 3 is 2.62 bits per heavy atom. The van der Waals surface area contributed by atoms with Crippen LogP contribution in [0.15, 0.2) is 43.0 Å². The Morgan fingerprint density at radius 2 is 1.97 bits per heavy atom. The Morgan fingerprint density at radius 1 is 1.23 bits per heavy atom. The molecule has 1 aromatic carbocycles. The first-order valence-electron chi connectivity index (χ1n) is 13.3. The van der Waals surface area contributed by atoms with Crippen molar-refractivity contribution in [3.63, 3.8) is 0 Å². The highest BCUT2D eigenvalue weighted by Gasteiger charge is 2.47. The van der Waals surface area contributed by atoms with Gasteiger partial charge >= 0.3 is 0 Å². The number of hydrogen-bond acceptors (Lipinski definition) is 9. The Balaban J connectivity index is 1.55. The van der Waals surface area contributed by atoms with Crippen molar-refractivity contribution in [1.82, 2.24) is 24.2 Å². The molecular weight excluding hydrogens is 519 g/mol. The van der Waals surface area contributed by atoms with Gasteiger partial charge in [0, 0.05) is 20.6 Å². The van der Waals surface area contributed by atoms with Crippen molar-refractivity contribution in [3.8, 4) is 17.8 Å². The summed E-state index contributed by atoms with van der Waals surface area (Å²) >= 11 is 0. The maximum atomic E-state index is 12.6. The Bertz CT molecular complexity index is 1310. The highest BCUT2D eigenvalue weighted by Crippen LogP contribution is 2.48. The van der Waals surface area contributed by atoms with Crippen molar-refractivity contribution in [2.75, 3.05) is 19.0 Å². The van der Waals surface area contributed by atoms with E-state index in [0.717, 1.165) is 0 Å². The maximum absolute atomic E-state index is 12.6. The molecule has 2 aromatic heterocycles. The Labute approximate surface area is 231 Å². The molecule has 3 heterocycles. The molecule has 3 aromatic rings. The van der Waals surface area contributed by atoms with Gasteiger partial charge in [-0.3, -0.25) is 9.36 Å². The zero-order valence-corrected chi connectivity index (χ0v) is 23.6. The summed E-state index contributed by atoms with van der Waals surface area (Å²) in [7, 11) is 0.151. The number of rotatable bonds is 11. The van der Waals surface area contributed by atoms with Gasteiger partial charge < -0.3 is 24.1 Å². The van der Waals surface area contributed by atoms with Gasteiger partial charge in [0.1, 0.15) is 24.3 Å². The third-order valence-electron chi connectivity index (χ3n) is 6.16. The summed E-state index contributed by atoms with van der Waals surface area (Å²) in [5.74, 6) is 0.427. The van der Waals surface area contributed by atoms with Gasteiger partial charge in [0.25, 0.3) is 5.91 Å². The lowest BCUT2D eigenvalue weighted by atomic mass is 10.1. The normalized spacial score (nSPS) is 22.3. The van der Waals surface area contributed by atoms with E-state index in [4.69, 9.17) is 26.5 Å². The summed E-state index contributed by atoms with van der Waals surface area (Å²) in [4.78, 5) is 25.6. The van der Waals surface area contributed by atoms with Gasteiger partial charge in [0.2, 0.25) is 0 Å². The van der Waals surface area contributed by atoms with Crippen LogP contribution in [0.2, 0.25) is 0 Å². The summed E-state index contributed by atoms with van der Waals surface area (Å²) in [6.45, 7) is 8.04. The second-order valence-corrected chi connectivity index (χ2v) is 11.0. The van der Waals surface area contributed by atoms with Gasteiger partial charge in [-0.05, 0) is 52.4 Å². The van der Waals surface area contributed by atoms with E-state index >= 15 is 0 Å². The summed E-state index contributed by atoms with van der Waals surface area (Å²) < 4.78 is 36.1. The summed E-state index contributed by atoms with van der Waals surface area (Å²) in [6.07, 6.45) is 6.32. The quantitative estimate of drug-likeness (QED) is 0.275. The number of anilines is 1. The minimum absolute atomic E-state index is 0.0531. The van der Waals surface area contributed by atoms with Crippen LogP contribution < -0.4 is 10.1 Å². The fourth-order valence-electron chi connectivity index (χ4n) is 4.56. The molecule has 5 unspecified atom stereocenters. The molecule has 1 fully saturated rings. The standard InChI is InChI=1S/C27H35N6O5P/c1-8-39(33(17(2)3)18(4)5)38-23-19(6)37-27(24(23)35-7)32-16-30-22-25(28-15-29-26(22)32)31-21(34)14-36-20-12-10-9-11-13-20/h1,9-13,15-19,23-24,27H,14H2,2-7H3,(H,28,29,31,34)/i6D. The minimum Gasteiger partial charge on any atom is -0.484 e. The van der Waals surface area contributed by atoms with Gasteiger partial charge in [0.15, 0.2) is 38.1 Å². The van der Waals surface area contributed by atoms with E-state index in [2.05, 4.69) is 58.3 Å². The second-order valence-electron chi connectivity index (χ2n) is 9.50. The predicted octanol–water partition coefficient (Wildman–Crippen LogP) is 4.18. The number of methoxy groups -OCH3 is 1. The van der Waals surface area contributed by atoms with E-state index < -0.39 is 38.7 Å². The van der Waals surface area contributed by atoms with Crippen molar-refractivity contribution >= 4 is 31.2 Å². The van der Waals surface area contributed by atoms with Crippen LogP contribution in [0, 0.1) is 12.1 Å². The highest BCUT2D eigenvalue weighted by atomic mass is 31.2. The summed E-state index contributed by atoms with van der Waals surface area (Å²) in [5.41, 5.74) is 3.61. The Hall–Kier alpha value is -3.13. The number of aromatic nitrogens is 4. The molecule has 39 heavy (non-hydrogen) atoms. The number of amides is 1. The molecule has 12 heteroatoms.